The number of fused-ring (bicyclic) bond motifs is 1. The van der Waals surface area contributed by atoms with E-state index in [0.29, 0.717) is 22.6 Å². The van der Waals surface area contributed by atoms with Gasteiger partial charge in [-0.05, 0) is 36.4 Å². The molecular weight excluding hydrogens is 362 g/mol. The molecule has 0 aromatic heterocycles. The Morgan fingerprint density at radius 2 is 1.22 bits per heavy atom. The highest BCUT2D eigenvalue weighted by atomic mass is 35.5. The van der Waals surface area contributed by atoms with Gasteiger partial charge in [0, 0.05) is 16.8 Å². The number of carbonyl (C=O) groups excluding carboxylic acids is 2. The number of rotatable bonds is 4. The van der Waals surface area contributed by atoms with Gasteiger partial charge < -0.3 is 10.1 Å². The van der Waals surface area contributed by atoms with Crippen LogP contribution in [0.15, 0.2) is 89.6 Å². The minimum absolute atomic E-state index is 0.0806. The van der Waals surface area contributed by atoms with Crippen LogP contribution in [-0.4, -0.2) is 11.6 Å². The number of Topliss-reactive ketones (excluding diaryl/α,β-unsaturated/α-hetero) is 2. The van der Waals surface area contributed by atoms with Crippen molar-refractivity contribution in [3.63, 3.8) is 0 Å². The molecule has 4 rings (SSSR count). The van der Waals surface area contributed by atoms with Gasteiger partial charge >= 0.3 is 0 Å². The molecule has 0 fully saturated rings. The fourth-order valence-corrected chi connectivity index (χ4v) is 3.07. The molecule has 1 N–H and O–H groups in total. The van der Waals surface area contributed by atoms with Crippen molar-refractivity contribution in [2.75, 3.05) is 5.32 Å². The zero-order valence-electron chi connectivity index (χ0n) is 14.1. The quantitative estimate of drug-likeness (QED) is 0.661. The topological polar surface area (TPSA) is 55.4 Å². The number of nitrogens with one attached hydrogen (secondary N) is 1. The van der Waals surface area contributed by atoms with Crippen LogP contribution in [0.5, 0.6) is 11.5 Å². The molecule has 0 unspecified atom stereocenters. The van der Waals surface area contributed by atoms with E-state index in [2.05, 4.69) is 5.32 Å². The lowest BCUT2D eigenvalue weighted by atomic mass is 9.92. The van der Waals surface area contributed by atoms with Crippen LogP contribution in [-0.2, 0) is 0 Å². The molecule has 5 heteroatoms. The second kappa shape index (κ2) is 7.09. The van der Waals surface area contributed by atoms with E-state index in [-0.39, 0.29) is 22.3 Å². The van der Waals surface area contributed by atoms with Crippen molar-refractivity contribution in [1.82, 2.24) is 0 Å². The molecule has 0 atom stereocenters. The molecule has 0 aliphatic heterocycles. The molecule has 0 spiro atoms. The third-order valence-electron chi connectivity index (χ3n) is 4.16. The van der Waals surface area contributed by atoms with Gasteiger partial charge in [0.1, 0.15) is 22.2 Å². The molecule has 4 nitrogen and oxygen atoms in total. The molecule has 0 radical (unpaired) electrons. The zero-order valence-corrected chi connectivity index (χ0v) is 14.9. The first kappa shape index (κ1) is 17.1. The summed E-state index contributed by atoms with van der Waals surface area (Å²) >= 11 is 6.17. The Hall–Kier alpha value is -3.37. The molecular formula is C22H14ClNO3. The highest BCUT2D eigenvalue weighted by Gasteiger charge is 2.31. The maximum atomic E-state index is 12.7. The van der Waals surface area contributed by atoms with Gasteiger partial charge in [-0.2, -0.15) is 0 Å². The second-order valence-corrected chi connectivity index (χ2v) is 6.34. The van der Waals surface area contributed by atoms with E-state index in [0.717, 1.165) is 5.75 Å². The Bertz CT molecular complexity index is 1060. The van der Waals surface area contributed by atoms with E-state index in [1.807, 2.05) is 30.3 Å². The van der Waals surface area contributed by atoms with Gasteiger partial charge in [0.15, 0.2) is 0 Å². The van der Waals surface area contributed by atoms with E-state index in [1.165, 1.54) is 0 Å². The lowest BCUT2D eigenvalue weighted by molar-refractivity contribution is 0.0982. The first-order valence-electron chi connectivity index (χ1n) is 8.31. The fourth-order valence-electron chi connectivity index (χ4n) is 2.83. The molecule has 0 heterocycles. The number of ether oxygens (including phenoxy) is 1. The number of hydrogen-bond donors (Lipinski definition) is 1. The van der Waals surface area contributed by atoms with Gasteiger partial charge in [0.05, 0.1) is 0 Å². The van der Waals surface area contributed by atoms with Crippen LogP contribution >= 0.6 is 11.6 Å². The van der Waals surface area contributed by atoms with E-state index in [1.54, 1.807) is 48.5 Å². The minimum Gasteiger partial charge on any atom is -0.457 e. The van der Waals surface area contributed by atoms with Crippen LogP contribution in [0.3, 0.4) is 0 Å². The van der Waals surface area contributed by atoms with E-state index >= 15 is 0 Å². The number of allylic oxidation sites excluding steroid dienone is 2. The summed E-state index contributed by atoms with van der Waals surface area (Å²) in [4.78, 5) is 25.1. The molecule has 0 bridgehead atoms. The Morgan fingerprint density at radius 1 is 0.667 bits per heavy atom. The van der Waals surface area contributed by atoms with Gasteiger partial charge in [-0.15, -0.1) is 0 Å². The summed E-state index contributed by atoms with van der Waals surface area (Å²) in [6.07, 6.45) is 0. The number of benzene rings is 3. The molecule has 27 heavy (non-hydrogen) atoms. The number of halogens is 1. The summed E-state index contributed by atoms with van der Waals surface area (Å²) in [6.45, 7) is 0. The van der Waals surface area contributed by atoms with Gasteiger partial charge in [-0.25, -0.2) is 0 Å². The molecule has 1 aliphatic rings. The van der Waals surface area contributed by atoms with Gasteiger partial charge in [0.25, 0.3) is 0 Å². The van der Waals surface area contributed by atoms with Gasteiger partial charge in [-0.3, -0.25) is 9.59 Å². The Balaban J connectivity index is 1.56. The van der Waals surface area contributed by atoms with Crippen LogP contribution in [0.2, 0.25) is 0 Å². The lowest BCUT2D eigenvalue weighted by Crippen LogP contribution is -2.24. The summed E-state index contributed by atoms with van der Waals surface area (Å²) in [6, 6.07) is 23.1. The van der Waals surface area contributed by atoms with Crippen molar-refractivity contribution >= 4 is 28.9 Å². The molecule has 0 saturated heterocycles. The van der Waals surface area contributed by atoms with Gasteiger partial charge in [-0.1, -0.05) is 54.1 Å². The van der Waals surface area contributed by atoms with Crippen LogP contribution in [0.25, 0.3) is 0 Å². The van der Waals surface area contributed by atoms with Crippen LogP contribution in [0.1, 0.15) is 20.7 Å². The predicted octanol–water partition coefficient (Wildman–Crippen LogP) is 5.42. The third-order valence-corrected chi connectivity index (χ3v) is 4.53. The Morgan fingerprint density at radius 3 is 1.89 bits per heavy atom. The van der Waals surface area contributed by atoms with Gasteiger partial charge in [0.2, 0.25) is 11.6 Å². The molecule has 3 aromatic rings. The number of ketones is 2. The first-order valence-corrected chi connectivity index (χ1v) is 8.69. The fraction of sp³-hybridized carbons (Fsp3) is 0. The SMILES string of the molecule is O=C1C(Cl)=C(Nc2ccc(Oc3ccccc3)cc2)C(=O)c2ccccc21. The third kappa shape index (κ3) is 3.35. The molecule has 3 aromatic carbocycles. The van der Waals surface area contributed by atoms with Crippen LogP contribution in [0.4, 0.5) is 5.69 Å². The Labute approximate surface area is 161 Å². The first-order chi connectivity index (χ1) is 13.1. The number of hydrogen-bond acceptors (Lipinski definition) is 4. The lowest BCUT2D eigenvalue weighted by Gasteiger charge is -2.19. The average Bonchev–Trinajstić information content (AvgIpc) is 2.71. The molecule has 0 saturated carbocycles. The van der Waals surface area contributed by atoms with E-state index in [9.17, 15) is 9.59 Å². The smallest absolute Gasteiger partial charge is 0.211 e. The normalized spacial score (nSPS) is 13.4. The van der Waals surface area contributed by atoms with Crippen molar-refractivity contribution in [2.24, 2.45) is 0 Å². The summed E-state index contributed by atoms with van der Waals surface area (Å²) in [5.41, 5.74) is 1.38. The van der Waals surface area contributed by atoms with Crippen molar-refractivity contribution < 1.29 is 14.3 Å². The highest BCUT2D eigenvalue weighted by molar-refractivity contribution is 6.50. The van der Waals surface area contributed by atoms with Crippen LogP contribution in [0, 0.1) is 0 Å². The Kier molecular flexibility index (Phi) is 4.48. The van der Waals surface area contributed by atoms with E-state index < -0.39 is 0 Å². The summed E-state index contributed by atoms with van der Waals surface area (Å²) in [5.74, 6) is 0.718. The number of anilines is 1. The van der Waals surface area contributed by atoms with Crippen molar-refractivity contribution in [2.45, 2.75) is 0 Å². The van der Waals surface area contributed by atoms with Crippen molar-refractivity contribution in [1.29, 1.82) is 0 Å². The zero-order chi connectivity index (χ0) is 18.8. The number of carbonyl (C=O) groups is 2. The maximum absolute atomic E-state index is 12.7. The largest absolute Gasteiger partial charge is 0.457 e. The monoisotopic (exact) mass is 375 g/mol. The number of para-hydroxylation sites is 1. The van der Waals surface area contributed by atoms with Crippen LogP contribution < -0.4 is 10.1 Å². The second-order valence-electron chi connectivity index (χ2n) is 5.96. The van der Waals surface area contributed by atoms with Crippen molar-refractivity contribution in [3.8, 4) is 11.5 Å². The molecule has 1 aliphatic carbocycles. The molecule has 0 amide bonds. The van der Waals surface area contributed by atoms with Crippen molar-refractivity contribution in [3.05, 3.63) is 101 Å². The summed E-state index contributed by atoms with van der Waals surface area (Å²) in [7, 11) is 0. The van der Waals surface area contributed by atoms with E-state index in [4.69, 9.17) is 16.3 Å². The maximum Gasteiger partial charge on any atom is 0.211 e. The predicted molar refractivity (Wildman–Crippen MR) is 105 cm³/mol. The minimum atomic E-state index is -0.363. The highest BCUT2D eigenvalue weighted by Crippen LogP contribution is 2.30. The standard InChI is InChI=1S/C22H14ClNO3/c23-19-20(22(26)18-9-5-4-8-17(18)21(19)25)24-14-10-12-16(13-11-14)27-15-6-2-1-3-7-15/h1-13,24H. The summed E-state index contributed by atoms with van der Waals surface area (Å²) < 4.78 is 5.74. The average molecular weight is 376 g/mol. The summed E-state index contributed by atoms with van der Waals surface area (Å²) in [5, 5.41) is 2.86. The molecule has 132 valence electrons.